The summed E-state index contributed by atoms with van der Waals surface area (Å²) < 4.78 is 0. The zero-order chi connectivity index (χ0) is 17.8. The van der Waals surface area contributed by atoms with Crippen LogP contribution in [0.1, 0.15) is 50.7 Å². The minimum atomic E-state index is 0.192. The number of rotatable bonds is 7. The summed E-state index contributed by atoms with van der Waals surface area (Å²) in [6.07, 6.45) is 2.55. The standard InChI is InChI=1S/C21H33N3O/c1-16(2)19-6-4-18(5-7-19)14-23-10-12-24(13-11-23)15-21(25)22-17(3)20-8-9-20/h4-7,16-17,20H,8-15H2,1-3H3,(H,22,25). The summed E-state index contributed by atoms with van der Waals surface area (Å²) in [5, 5.41) is 3.16. The average molecular weight is 344 g/mol. The molecule has 1 aliphatic heterocycles. The van der Waals surface area contributed by atoms with E-state index in [4.69, 9.17) is 0 Å². The molecule has 1 N–H and O–H groups in total. The van der Waals surface area contributed by atoms with Gasteiger partial charge in [0.25, 0.3) is 0 Å². The Bertz CT molecular complexity index is 557. The van der Waals surface area contributed by atoms with E-state index in [0.717, 1.165) is 38.6 Å². The number of carbonyl (C=O) groups is 1. The Kier molecular flexibility index (Phi) is 6.13. The number of carbonyl (C=O) groups excluding carboxylic acids is 1. The number of nitrogens with one attached hydrogen (secondary N) is 1. The van der Waals surface area contributed by atoms with Gasteiger partial charge in [-0.05, 0) is 42.7 Å². The van der Waals surface area contributed by atoms with Gasteiger partial charge in [0.15, 0.2) is 0 Å². The highest BCUT2D eigenvalue weighted by Gasteiger charge is 2.29. The van der Waals surface area contributed by atoms with Gasteiger partial charge in [-0.25, -0.2) is 0 Å². The highest BCUT2D eigenvalue weighted by atomic mass is 16.2. The van der Waals surface area contributed by atoms with Crippen LogP contribution in [0.3, 0.4) is 0 Å². The lowest BCUT2D eigenvalue weighted by Gasteiger charge is -2.34. The van der Waals surface area contributed by atoms with Crippen LogP contribution in [0.15, 0.2) is 24.3 Å². The highest BCUT2D eigenvalue weighted by Crippen LogP contribution is 2.32. The van der Waals surface area contributed by atoms with Gasteiger partial charge < -0.3 is 5.32 Å². The molecular formula is C21H33N3O. The highest BCUT2D eigenvalue weighted by molar-refractivity contribution is 5.78. The Morgan fingerprint density at radius 1 is 1.04 bits per heavy atom. The van der Waals surface area contributed by atoms with Gasteiger partial charge in [0.1, 0.15) is 0 Å². The molecule has 0 aromatic heterocycles. The summed E-state index contributed by atoms with van der Waals surface area (Å²) in [6.45, 7) is 12.2. The number of piperazine rings is 1. The molecule has 1 saturated carbocycles. The van der Waals surface area contributed by atoms with E-state index in [-0.39, 0.29) is 5.91 Å². The van der Waals surface area contributed by atoms with E-state index >= 15 is 0 Å². The lowest BCUT2D eigenvalue weighted by Crippen LogP contribution is -2.50. The monoisotopic (exact) mass is 343 g/mol. The fraction of sp³-hybridized carbons (Fsp3) is 0.667. The van der Waals surface area contributed by atoms with Crippen molar-refractivity contribution >= 4 is 5.91 Å². The van der Waals surface area contributed by atoms with Crippen LogP contribution >= 0.6 is 0 Å². The van der Waals surface area contributed by atoms with Gasteiger partial charge in [0.2, 0.25) is 5.91 Å². The van der Waals surface area contributed by atoms with Crippen LogP contribution < -0.4 is 5.32 Å². The molecule has 1 saturated heterocycles. The quantitative estimate of drug-likeness (QED) is 0.827. The van der Waals surface area contributed by atoms with E-state index in [2.05, 4.69) is 60.2 Å². The zero-order valence-electron chi connectivity index (χ0n) is 16.0. The van der Waals surface area contributed by atoms with Crippen molar-refractivity contribution in [2.24, 2.45) is 5.92 Å². The molecule has 0 radical (unpaired) electrons. The first-order valence-electron chi connectivity index (χ1n) is 9.84. The number of benzene rings is 1. The van der Waals surface area contributed by atoms with Gasteiger partial charge in [-0.1, -0.05) is 38.1 Å². The fourth-order valence-corrected chi connectivity index (χ4v) is 3.59. The third-order valence-electron chi connectivity index (χ3n) is 5.60. The van der Waals surface area contributed by atoms with Crippen molar-refractivity contribution < 1.29 is 4.79 Å². The van der Waals surface area contributed by atoms with E-state index in [1.807, 2.05) is 0 Å². The Balaban J connectivity index is 1.38. The van der Waals surface area contributed by atoms with Gasteiger partial charge in [-0.3, -0.25) is 14.6 Å². The van der Waals surface area contributed by atoms with E-state index in [0.29, 0.717) is 18.5 Å². The second-order valence-corrected chi connectivity index (χ2v) is 8.14. The van der Waals surface area contributed by atoms with Crippen molar-refractivity contribution in [2.45, 2.75) is 52.1 Å². The molecule has 138 valence electrons. The Morgan fingerprint density at radius 3 is 2.20 bits per heavy atom. The van der Waals surface area contributed by atoms with Crippen molar-refractivity contribution in [3.63, 3.8) is 0 Å². The number of nitrogens with zero attached hydrogens (tertiary/aromatic N) is 2. The molecule has 3 rings (SSSR count). The second-order valence-electron chi connectivity index (χ2n) is 8.14. The predicted molar refractivity (Wildman–Crippen MR) is 103 cm³/mol. The minimum absolute atomic E-state index is 0.192. The summed E-state index contributed by atoms with van der Waals surface area (Å²) >= 11 is 0. The van der Waals surface area contributed by atoms with Crippen LogP contribution in [0.2, 0.25) is 0 Å². The fourth-order valence-electron chi connectivity index (χ4n) is 3.59. The van der Waals surface area contributed by atoms with Crippen molar-refractivity contribution in [1.82, 2.24) is 15.1 Å². The molecule has 1 aromatic carbocycles. The Hall–Kier alpha value is -1.39. The molecule has 1 aliphatic carbocycles. The summed E-state index contributed by atoms with van der Waals surface area (Å²) in [7, 11) is 0. The van der Waals surface area contributed by atoms with E-state index < -0.39 is 0 Å². The Labute approximate surface area is 152 Å². The molecule has 0 spiro atoms. The maximum Gasteiger partial charge on any atom is 0.234 e. The SMILES string of the molecule is CC(C)c1ccc(CN2CCN(CC(=O)NC(C)C3CC3)CC2)cc1. The first-order chi connectivity index (χ1) is 12.0. The molecule has 1 atom stereocenters. The van der Waals surface area contributed by atoms with Crippen LogP contribution in [-0.4, -0.2) is 54.5 Å². The number of amides is 1. The number of hydrogen-bond donors (Lipinski definition) is 1. The molecule has 4 heteroatoms. The maximum atomic E-state index is 12.1. The predicted octanol–water partition coefficient (Wildman–Crippen LogP) is 2.84. The molecule has 1 amide bonds. The van der Waals surface area contributed by atoms with Crippen LogP contribution in [0.5, 0.6) is 0 Å². The minimum Gasteiger partial charge on any atom is -0.352 e. The maximum absolute atomic E-state index is 12.1. The lowest BCUT2D eigenvalue weighted by molar-refractivity contribution is -0.123. The van der Waals surface area contributed by atoms with Gasteiger partial charge in [-0.2, -0.15) is 0 Å². The van der Waals surface area contributed by atoms with Crippen LogP contribution in [-0.2, 0) is 11.3 Å². The molecule has 4 nitrogen and oxygen atoms in total. The topological polar surface area (TPSA) is 35.6 Å². The zero-order valence-corrected chi connectivity index (χ0v) is 16.0. The normalized spacial score (nSPS) is 20.6. The van der Waals surface area contributed by atoms with Gasteiger partial charge >= 0.3 is 0 Å². The molecule has 0 bridgehead atoms. The largest absolute Gasteiger partial charge is 0.352 e. The van der Waals surface area contributed by atoms with Crippen molar-refractivity contribution in [1.29, 1.82) is 0 Å². The molecule has 25 heavy (non-hydrogen) atoms. The summed E-state index contributed by atoms with van der Waals surface area (Å²) in [5.41, 5.74) is 2.79. The molecule has 1 unspecified atom stereocenters. The third kappa shape index (κ3) is 5.55. The molecule has 2 aliphatic rings. The van der Waals surface area contributed by atoms with Gasteiger partial charge in [0.05, 0.1) is 6.54 Å². The van der Waals surface area contributed by atoms with Crippen molar-refractivity contribution in [2.75, 3.05) is 32.7 Å². The first kappa shape index (κ1) is 18.4. The molecule has 1 aromatic rings. The first-order valence-corrected chi connectivity index (χ1v) is 9.84. The van der Waals surface area contributed by atoms with Crippen LogP contribution in [0.25, 0.3) is 0 Å². The summed E-state index contributed by atoms with van der Waals surface area (Å²) in [5.74, 6) is 1.51. The Morgan fingerprint density at radius 2 is 1.64 bits per heavy atom. The molecule has 2 fully saturated rings. The van der Waals surface area contributed by atoms with Gasteiger partial charge in [0, 0.05) is 38.8 Å². The van der Waals surface area contributed by atoms with Crippen LogP contribution in [0.4, 0.5) is 0 Å². The summed E-state index contributed by atoms with van der Waals surface area (Å²) in [6, 6.07) is 9.37. The molecule has 1 heterocycles. The smallest absolute Gasteiger partial charge is 0.234 e. The van der Waals surface area contributed by atoms with Crippen molar-refractivity contribution in [3.8, 4) is 0 Å². The van der Waals surface area contributed by atoms with Gasteiger partial charge in [-0.15, -0.1) is 0 Å². The molecular weight excluding hydrogens is 310 g/mol. The average Bonchev–Trinajstić information content (AvgIpc) is 3.42. The second kappa shape index (κ2) is 8.33. The summed E-state index contributed by atoms with van der Waals surface area (Å²) in [4.78, 5) is 16.9. The lowest BCUT2D eigenvalue weighted by atomic mass is 10.0. The van der Waals surface area contributed by atoms with E-state index in [9.17, 15) is 4.79 Å². The third-order valence-corrected chi connectivity index (χ3v) is 5.60. The van der Waals surface area contributed by atoms with Crippen LogP contribution in [0, 0.1) is 5.92 Å². The van der Waals surface area contributed by atoms with Crippen molar-refractivity contribution in [3.05, 3.63) is 35.4 Å². The van der Waals surface area contributed by atoms with E-state index in [1.165, 1.54) is 24.0 Å². The van der Waals surface area contributed by atoms with E-state index in [1.54, 1.807) is 0 Å². The number of hydrogen-bond acceptors (Lipinski definition) is 3.